The van der Waals surface area contributed by atoms with Gasteiger partial charge in [0.1, 0.15) is 11.5 Å². The summed E-state index contributed by atoms with van der Waals surface area (Å²) in [7, 11) is 0. The second-order valence-corrected chi connectivity index (χ2v) is 6.22. The van der Waals surface area contributed by atoms with Crippen LogP contribution in [0.1, 0.15) is 33.3 Å². The number of ether oxygens (including phenoxy) is 1. The summed E-state index contributed by atoms with van der Waals surface area (Å²) in [6.45, 7) is 7.44. The maximum absolute atomic E-state index is 11.8. The minimum Gasteiger partial charge on any atom is -0.426 e. The fourth-order valence-corrected chi connectivity index (χ4v) is 2.09. The third-order valence-corrected chi connectivity index (χ3v) is 3.59. The van der Waals surface area contributed by atoms with Crippen LogP contribution in [0.5, 0.6) is 5.75 Å². The Balaban J connectivity index is 2.22. The number of carbonyl (C=O) groups is 2. The van der Waals surface area contributed by atoms with E-state index in [4.69, 9.17) is 4.74 Å². The molecule has 2 aromatic rings. The van der Waals surface area contributed by atoms with Gasteiger partial charge >= 0.3 is 5.97 Å². The van der Waals surface area contributed by atoms with Gasteiger partial charge in [-0.1, -0.05) is 52.0 Å². The number of hydrogen-bond donors (Lipinski definition) is 0. The number of esters is 1. The van der Waals surface area contributed by atoms with E-state index >= 15 is 0 Å². The maximum Gasteiger partial charge on any atom is 0.313 e. The van der Waals surface area contributed by atoms with E-state index in [0.717, 1.165) is 16.3 Å². The molecule has 0 fully saturated rings. The molecular formula is C19H22O3. The number of hydrogen-bond acceptors (Lipinski definition) is 3. The average Bonchev–Trinajstić information content (AvgIpc) is 2.47. The Morgan fingerprint density at radius 3 is 2.18 bits per heavy atom. The molecule has 0 bridgehead atoms. The molecule has 0 aliphatic heterocycles. The summed E-state index contributed by atoms with van der Waals surface area (Å²) in [5, 5.41) is 2.04. The number of benzene rings is 2. The summed E-state index contributed by atoms with van der Waals surface area (Å²) in [6.07, 6.45) is 0.456. The van der Waals surface area contributed by atoms with Crippen LogP contribution in [-0.4, -0.2) is 11.8 Å². The minimum absolute atomic E-state index is 0.0496. The van der Waals surface area contributed by atoms with Crippen molar-refractivity contribution in [2.24, 2.45) is 11.8 Å². The Bertz CT molecular complexity index is 638. The number of carbonyl (C=O) groups excluding carboxylic acids is 2. The van der Waals surface area contributed by atoms with Crippen LogP contribution in [0, 0.1) is 11.8 Å². The van der Waals surface area contributed by atoms with Crippen molar-refractivity contribution in [3.05, 3.63) is 42.0 Å². The highest BCUT2D eigenvalue weighted by atomic mass is 16.5. The second-order valence-electron chi connectivity index (χ2n) is 6.22. The van der Waals surface area contributed by atoms with Crippen molar-refractivity contribution < 1.29 is 14.3 Å². The standard InChI is InChI=1S/C19H22O3/c1-12(2)18(20)10-14-5-6-16-11-17(8-7-15(16)9-14)22-19(21)13(3)4/h5-9,11-13H,10H2,1-4H3. The van der Waals surface area contributed by atoms with Gasteiger partial charge < -0.3 is 4.74 Å². The van der Waals surface area contributed by atoms with Crippen LogP contribution < -0.4 is 4.74 Å². The van der Waals surface area contributed by atoms with Crippen LogP contribution in [0.2, 0.25) is 0 Å². The zero-order chi connectivity index (χ0) is 16.3. The van der Waals surface area contributed by atoms with Crippen LogP contribution >= 0.6 is 0 Å². The van der Waals surface area contributed by atoms with Crippen LogP contribution in [0.3, 0.4) is 0 Å². The van der Waals surface area contributed by atoms with Crippen molar-refractivity contribution in [1.29, 1.82) is 0 Å². The summed E-state index contributed by atoms with van der Waals surface area (Å²) >= 11 is 0. The average molecular weight is 298 g/mol. The van der Waals surface area contributed by atoms with Crippen molar-refractivity contribution in [3.63, 3.8) is 0 Å². The topological polar surface area (TPSA) is 43.4 Å². The normalized spacial score (nSPS) is 11.2. The molecule has 0 atom stereocenters. The summed E-state index contributed by atoms with van der Waals surface area (Å²) in [6, 6.07) is 11.5. The third kappa shape index (κ3) is 3.94. The summed E-state index contributed by atoms with van der Waals surface area (Å²) in [5.74, 6) is 0.450. The fraction of sp³-hybridized carbons (Fsp3) is 0.368. The SMILES string of the molecule is CC(C)C(=O)Cc1ccc2cc(OC(=O)C(C)C)ccc2c1. The molecule has 3 heteroatoms. The molecule has 116 valence electrons. The molecule has 0 spiro atoms. The molecule has 2 rings (SSSR count). The molecule has 0 saturated carbocycles. The number of fused-ring (bicyclic) bond motifs is 1. The lowest BCUT2D eigenvalue weighted by molar-refractivity contribution is -0.137. The van der Waals surface area contributed by atoms with Crippen molar-refractivity contribution in [1.82, 2.24) is 0 Å². The van der Waals surface area contributed by atoms with Crippen molar-refractivity contribution in [2.45, 2.75) is 34.1 Å². The first kappa shape index (κ1) is 16.2. The first-order valence-corrected chi connectivity index (χ1v) is 7.64. The molecule has 2 aromatic carbocycles. The van der Waals surface area contributed by atoms with E-state index in [-0.39, 0.29) is 23.6 Å². The van der Waals surface area contributed by atoms with Gasteiger partial charge in [0, 0.05) is 12.3 Å². The Morgan fingerprint density at radius 2 is 1.55 bits per heavy atom. The molecule has 0 unspecified atom stereocenters. The van der Waals surface area contributed by atoms with Crippen LogP contribution in [-0.2, 0) is 16.0 Å². The second kappa shape index (κ2) is 6.73. The lowest BCUT2D eigenvalue weighted by atomic mass is 9.99. The van der Waals surface area contributed by atoms with Gasteiger partial charge in [-0.05, 0) is 28.5 Å². The maximum atomic E-state index is 11.8. The lowest BCUT2D eigenvalue weighted by Crippen LogP contribution is -2.14. The molecule has 0 aliphatic rings. The molecule has 0 N–H and O–H groups in total. The minimum atomic E-state index is -0.237. The number of Topliss-reactive ketones (excluding diaryl/α,β-unsaturated/α-hetero) is 1. The van der Waals surface area contributed by atoms with E-state index in [1.165, 1.54) is 0 Å². The van der Waals surface area contributed by atoms with Crippen LogP contribution in [0.25, 0.3) is 10.8 Å². The summed E-state index contributed by atoms with van der Waals surface area (Å²) < 4.78 is 5.32. The van der Waals surface area contributed by atoms with Gasteiger partial charge in [-0.3, -0.25) is 9.59 Å². The summed E-state index contributed by atoms with van der Waals surface area (Å²) in [5.41, 5.74) is 1.01. The molecule has 0 aromatic heterocycles. The molecule has 0 heterocycles. The third-order valence-electron chi connectivity index (χ3n) is 3.59. The highest BCUT2D eigenvalue weighted by Gasteiger charge is 2.11. The van der Waals surface area contributed by atoms with Crippen molar-refractivity contribution in [3.8, 4) is 5.75 Å². The van der Waals surface area contributed by atoms with Crippen LogP contribution in [0.4, 0.5) is 0 Å². The van der Waals surface area contributed by atoms with Gasteiger partial charge in [0.2, 0.25) is 0 Å². The summed E-state index contributed by atoms with van der Waals surface area (Å²) in [4.78, 5) is 23.5. The Labute approximate surface area is 131 Å². The van der Waals surface area contributed by atoms with Gasteiger partial charge in [-0.2, -0.15) is 0 Å². The van der Waals surface area contributed by atoms with Crippen LogP contribution in [0.15, 0.2) is 36.4 Å². The lowest BCUT2D eigenvalue weighted by Gasteiger charge is -2.09. The molecule has 3 nitrogen and oxygen atoms in total. The van der Waals surface area contributed by atoms with Gasteiger partial charge in [-0.25, -0.2) is 0 Å². The molecule has 0 aliphatic carbocycles. The van der Waals surface area contributed by atoms with Crippen molar-refractivity contribution in [2.75, 3.05) is 0 Å². The predicted octanol–water partition coefficient (Wildman–Crippen LogP) is 4.17. The quantitative estimate of drug-likeness (QED) is 0.614. The van der Waals surface area contributed by atoms with E-state index < -0.39 is 0 Å². The molecule has 22 heavy (non-hydrogen) atoms. The highest BCUT2D eigenvalue weighted by Crippen LogP contribution is 2.23. The Kier molecular flexibility index (Phi) is 4.96. The van der Waals surface area contributed by atoms with Gasteiger partial charge in [0.25, 0.3) is 0 Å². The zero-order valence-corrected chi connectivity index (χ0v) is 13.6. The number of rotatable bonds is 5. The van der Waals surface area contributed by atoms with E-state index in [1.807, 2.05) is 44.2 Å². The smallest absolute Gasteiger partial charge is 0.313 e. The van der Waals surface area contributed by atoms with E-state index in [0.29, 0.717) is 12.2 Å². The first-order valence-electron chi connectivity index (χ1n) is 7.64. The molecular weight excluding hydrogens is 276 g/mol. The van der Waals surface area contributed by atoms with Crippen molar-refractivity contribution >= 4 is 22.5 Å². The molecule has 0 amide bonds. The highest BCUT2D eigenvalue weighted by molar-refractivity contribution is 5.88. The van der Waals surface area contributed by atoms with E-state index in [9.17, 15) is 9.59 Å². The Hall–Kier alpha value is -2.16. The monoisotopic (exact) mass is 298 g/mol. The van der Waals surface area contributed by atoms with Gasteiger partial charge in [-0.15, -0.1) is 0 Å². The van der Waals surface area contributed by atoms with Gasteiger partial charge in [0.15, 0.2) is 0 Å². The zero-order valence-electron chi connectivity index (χ0n) is 13.6. The molecule has 0 saturated heterocycles. The van der Waals surface area contributed by atoms with E-state index in [2.05, 4.69) is 0 Å². The first-order chi connectivity index (χ1) is 10.4. The van der Waals surface area contributed by atoms with Gasteiger partial charge in [0.05, 0.1) is 5.92 Å². The number of ketones is 1. The Morgan fingerprint density at radius 1 is 0.909 bits per heavy atom. The largest absolute Gasteiger partial charge is 0.426 e. The van der Waals surface area contributed by atoms with E-state index in [1.54, 1.807) is 19.9 Å². The molecule has 0 radical (unpaired) electrons. The fourth-order valence-electron chi connectivity index (χ4n) is 2.09. The predicted molar refractivity (Wildman–Crippen MR) is 88.0 cm³/mol.